The Morgan fingerprint density at radius 2 is 1.94 bits per heavy atom. The molecule has 3 nitrogen and oxygen atoms in total. The minimum absolute atomic E-state index is 0.522. The van der Waals surface area contributed by atoms with Gasteiger partial charge in [-0.2, -0.15) is 0 Å². The van der Waals surface area contributed by atoms with Gasteiger partial charge >= 0.3 is 0 Å². The molecule has 0 spiro atoms. The Morgan fingerprint density at radius 3 is 2.65 bits per heavy atom. The largest absolute Gasteiger partial charge is 0.385 e. The number of rotatable bonds is 2. The highest BCUT2D eigenvalue weighted by Gasteiger charge is 2.22. The Bertz CT molecular complexity index is 562. The third-order valence-corrected chi connectivity index (χ3v) is 3.82. The van der Waals surface area contributed by atoms with E-state index in [9.17, 15) is 0 Å². The van der Waals surface area contributed by atoms with Gasteiger partial charge in [0.15, 0.2) is 0 Å². The molecule has 17 heavy (non-hydrogen) atoms. The van der Waals surface area contributed by atoms with Crippen molar-refractivity contribution < 1.29 is 0 Å². The second kappa shape index (κ2) is 3.91. The first-order chi connectivity index (χ1) is 8.33. The molecule has 0 atom stereocenters. The van der Waals surface area contributed by atoms with Crippen molar-refractivity contribution in [3.8, 4) is 0 Å². The molecule has 0 amide bonds. The summed E-state index contributed by atoms with van der Waals surface area (Å²) in [5.74, 6) is 0.758. The highest BCUT2D eigenvalue weighted by Crippen LogP contribution is 2.37. The Kier molecular flexibility index (Phi) is 2.39. The number of benzene rings is 1. The van der Waals surface area contributed by atoms with Crippen LogP contribution in [0.25, 0.3) is 10.9 Å². The highest BCUT2D eigenvalue weighted by atomic mass is 15.1. The van der Waals surface area contributed by atoms with E-state index >= 15 is 0 Å². The minimum Gasteiger partial charge on any atom is -0.385 e. The van der Waals surface area contributed by atoms with Crippen molar-refractivity contribution in [1.29, 1.82) is 5.41 Å². The van der Waals surface area contributed by atoms with Gasteiger partial charge in [-0.3, -0.25) is 0 Å². The lowest BCUT2D eigenvalue weighted by Gasteiger charge is -2.15. The summed E-state index contributed by atoms with van der Waals surface area (Å²) in [6.45, 7) is 0. The van der Waals surface area contributed by atoms with E-state index in [-0.39, 0.29) is 0 Å². The van der Waals surface area contributed by atoms with Gasteiger partial charge in [0.05, 0.1) is 5.52 Å². The molecule has 0 unspecified atom stereocenters. The van der Waals surface area contributed by atoms with E-state index in [4.69, 9.17) is 11.1 Å². The van der Waals surface area contributed by atoms with Crippen LogP contribution >= 0.6 is 0 Å². The van der Waals surface area contributed by atoms with Crippen LogP contribution in [0.5, 0.6) is 0 Å². The number of hydrogen-bond donors (Lipinski definition) is 2. The average molecular weight is 227 g/mol. The predicted octanol–water partition coefficient (Wildman–Crippen LogP) is 3.34. The smallest absolute Gasteiger partial charge is 0.113 e. The summed E-state index contributed by atoms with van der Waals surface area (Å²) in [6, 6.07) is 8.73. The Hall–Kier alpha value is -1.77. The van der Waals surface area contributed by atoms with Crippen LogP contribution in [-0.4, -0.2) is 10.8 Å². The van der Waals surface area contributed by atoms with Crippen LogP contribution < -0.4 is 5.73 Å². The van der Waals surface area contributed by atoms with Crippen molar-refractivity contribution in [2.45, 2.75) is 31.7 Å². The van der Waals surface area contributed by atoms with E-state index in [0.717, 1.165) is 16.8 Å². The Labute approximate surface area is 101 Å². The van der Waals surface area contributed by atoms with E-state index in [0.29, 0.717) is 6.04 Å². The number of aromatic nitrogens is 1. The molecule has 0 bridgehead atoms. The normalized spacial score (nSPS) is 16.7. The number of nitrogen functional groups attached to an aromatic ring is 1. The molecular formula is C14H17N3. The molecule has 1 saturated carbocycles. The second-order valence-corrected chi connectivity index (χ2v) is 4.77. The zero-order valence-corrected chi connectivity index (χ0v) is 9.82. The van der Waals surface area contributed by atoms with Crippen LogP contribution in [0.3, 0.4) is 0 Å². The topological polar surface area (TPSA) is 54.8 Å². The Balaban J connectivity index is 2.28. The van der Waals surface area contributed by atoms with Gasteiger partial charge in [0.1, 0.15) is 5.82 Å². The van der Waals surface area contributed by atoms with Crippen molar-refractivity contribution in [2.75, 3.05) is 5.73 Å². The molecule has 3 heteroatoms. The molecular weight excluding hydrogens is 210 g/mol. The third kappa shape index (κ3) is 1.46. The number of fused-ring (bicyclic) bond motifs is 1. The maximum absolute atomic E-state index is 7.53. The first-order valence-electron chi connectivity index (χ1n) is 6.22. The maximum atomic E-state index is 7.53. The molecule has 1 aromatic carbocycles. The summed E-state index contributed by atoms with van der Waals surface area (Å²) in [4.78, 5) is 0. The van der Waals surface area contributed by atoms with Gasteiger partial charge in [0.25, 0.3) is 0 Å². The summed E-state index contributed by atoms with van der Waals surface area (Å²) in [6.07, 6.45) is 6.37. The summed E-state index contributed by atoms with van der Waals surface area (Å²) >= 11 is 0. The summed E-state index contributed by atoms with van der Waals surface area (Å²) in [7, 11) is 0. The lowest BCUT2D eigenvalue weighted by atomic mass is 10.2. The van der Waals surface area contributed by atoms with Crippen molar-refractivity contribution in [3.05, 3.63) is 29.8 Å². The van der Waals surface area contributed by atoms with Crippen LogP contribution in [-0.2, 0) is 0 Å². The molecule has 1 aromatic heterocycles. The standard InChI is InChI=1S/C14H17N3/c15-9-12-11-7-3-4-8-13(11)17(14(12)16)10-5-1-2-6-10/h3-4,7-10,15H,1-2,5-6,16H2. The van der Waals surface area contributed by atoms with Crippen LogP contribution in [0.2, 0.25) is 0 Å². The van der Waals surface area contributed by atoms with Gasteiger partial charge in [-0.15, -0.1) is 0 Å². The van der Waals surface area contributed by atoms with Crippen LogP contribution in [0.4, 0.5) is 5.82 Å². The molecule has 0 saturated heterocycles. The number of nitrogens with two attached hydrogens (primary N) is 1. The molecule has 1 heterocycles. The average Bonchev–Trinajstić information content (AvgIpc) is 2.93. The molecule has 2 aromatic rings. The van der Waals surface area contributed by atoms with Crippen molar-refractivity contribution in [3.63, 3.8) is 0 Å². The summed E-state index contributed by atoms with van der Waals surface area (Å²) in [5.41, 5.74) is 8.26. The zero-order chi connectivity index (χ0) is 11.8. The monoisotopic (exact) mass is 227 g/mol. The van der Waals surface area contributed by atoms with Gasteiger partial charge < -0.3 is 15.7 Å². The molecule has 88 valence electrons. The number of hydrogen-bond acceptors (Lipinski definition) is 2. The molecule has 1 aliphatic carbocycles. The molecule has 0 aliphatic heterocycles. The highest BCUT2D eigenvalue weighted by molar-refractivity contribution is 6.04. The van der Waals surface area contributed by atoms with Gasteiger partial charge in [-0.1, -0.05) is 31.0 Å². The fraction of sp³-hybridized carbons (Fsp3) is 0.357. The fourth-order valence-electron chi connectivity index (χ4n) is 3.02. The minimum atomic E-state index is 0.522. The molecule has 1 fully saturated rings. The Morgan fingerprint density at radius 1 is 1.24 bits per heavy atom. The molecule has 0 radical (unpaired) electrons. The number of anilines is 1. The van der Waals surface area contributed by atoms with Gasteiger partial charge in [-0.05, 0) is 18.9 Å². The van der Waals surface area contributed by atoms with Crippen molar-refractivity contribution in [2.24, 2.45) is 0 Å². The van der Waals surface area contributed by atoms with E-state index in [1.165, 1.54) is 37.4 Å². The van der Waals surface area contributed by atoms with Gasteiger partial charge in [0.2, 0.25) is 0 Å². The van der Waals surface area contributed by atoms with Crippen molar-refractivity contribution in [1.82, 2.24) is 4.57 Å². The third-order valence-electron chi connectivity index (χ3n) is 3.82. The van der Waals surface area contributed by atoms with E-state index in [1.807, 2.05) is 12.1 Å². The van der Waals surface area contributed by atoms with Crippen LogP contribution in [0, 0.1) is 5.41 Å². The summed E-state index contributed by atoms with van der Waals surface area (Å²) < 4.78 is 2.24. The SMILES string of the molecule is N=Cc1c(N)n(C2CCCC2)c2ccccc12. The van der Waals surface area contributed by atoms with E-state index in [1.54, 1.807) is 0 Å². The van der Waals surface area contributed by atoms with Crippen LogP contribution in [0.15, 0.2) is 24.3 Å². The zero-order valence-electron chi connectivity index (χ0n) is 9.82. The maximum Gasteiger partial charge on any atom is 0.113 e. The first-order valence-corrected chi connectivity index (χ1v) is 6.22. The number of nitrogens with zero attached hydrogens (tertiary/aromatic N) is 1. The lowest BCUT2D eigenvalue weighted by Crippen LogP contribution is -2.08. The lowest BCUT2D eigenvalue weighted by molar-refractivity contribution is 0.542. The number of para-hydroxylation sites is 1. The molecule has 3 rings (SSSR count). The van der Waals surface area contributed by atoms with Crippen molar-refractivity contribution >= 4 is 22.9 Å². The quantitative estimate of drug-likeness (QED) is 0.759. The van der Waals surface area contributed by atoms with Gasteiger partial charge in [-0.25, -0.2) is 0 Å². The van der Waals surface area contributed by atoms with Crippen LogP contribution in [0.1, 0.15) is 37.3 Å². The second-order valence-electron chi connectivity index (χ2n) is 4.77. The fourth-order valence-corrected chi connectivity index (χ4v) is 3.02. The van der Waals surface area contributed by atoms with Gasteiger partial charge in [0, 0.05) is 23.2 Å². The van der Waals surface area contributed by atoms with E-state index in [2.05, 4.69) is 16.7 Å². The first kappa shape index (κ1) is 10.4. The predicted molar refractivity (Wildman–Crippen MR) is 71.7 cm³/mol. The van der Waals surface area contributed by atoms with E-state index < -0.39 is 0 Å². The molecule has 3 N–H and O–H groups in total. The molecule has 1 aliphatic rings. The number of nitrogens with one attached hydrogen (secondary N) is 1. The summed E-state index contributed by atoms with van der Waals surface area (Å²) in [5, 5.41) is 8.64.